The van der Waals surface area contributed by atoms with E-state index in [1.165, 1.54) is 18.3 Å². The van der Waals surface area contributed by atoms with Gasteiger partial charge in [0, 0.05) is 0 Å². The second kappa shape index (κ2) is 7.25. The Bertz CT molecular complexity index is 958. The third-order valence-corrected chi connectivity index (χ3v) is 3.84. The van der Waals surface area contributed by atoms with E-state index in [2.05, 4.69) is 31.5 Å². The Kier molecular flexibility index (Phi) is 4.88. The van der Waals surface area contributed by atoms with Crippen LogP contribution in [0.4, 0.5) is 5.69 Å². The summed E-state index contributed by atoms with van der Waals surface area (Å²) in [6, 6.07) is 16.3. The molecular weight excluding hydrogens is 385 g/mol. The summed E-state index contributed by atoms with van der Waals surface area (Å²) in [5.41, 5.74) is 3.95. The second-order valence-electron chi connectivity index (χ2n) is 5.19. The van der Waals surface area contributed by atoms with Crippen molar-refractivity contribution < 1.29 is 15.3 Å². The Labute approximate surface area is 152 Å². The van der Waals surface area contributed by atoms with Crippen LogP contribution in [0.2, 0.25) is 0 Å². The monoisotopic (exact) mass is 400 g/mol. The molecule has 25 heavy (non-hydrogen) atoms. The Balaban J connectivity index is 1.78. The molecule has 4 N–H and O–H groups in total. The summed E-state index contributed by atoms with van der Waals surface area (Å²) in [4.78, 5) is 4.47. The molecule has 3 rings (SSSR count). The molecule has 0 aliphatic heterocycles. The Morgan fingerprint density at radius 2 is 1.64 bits per heavy atom. The zero-order valence-electron chi connectivity index (χ0n) is 12.9. The van der Waals surface area contributed by atoms with E-state index in [0.29, 0.717) is 10.3 Å². The molecule has 0 amide bonds. The summed E-state index contributed by atoms with van der Waals surface area (Å²) in [7, 11) is 0. The molecule has 6 nitrogen and oxygen atoms in total. The number of rotatable bonds is 3. The van der Waals surface area contributed by atoms with Gasteiger partial charge in [-0.15, -0.1) is 0 Å². The first-order valence-electron chi connectivity index (χ1n) is 7.32. The van der Waals surface area contributed by atoms with E-state index in [1.54, 1.807) is 0 Å². The van der Waals surface area contributed by atoms with E-state index < -0.39 is 17.2 Å². The summed E-state index contributed by atoms with van der Waals surface area (Å²) in [5, 5.41) is 34.3. The molecule has 0 saturated heterocycles. The number of phenolic OH excluding ortho intramolecular Hbond substituents is 3. The van der Waals surface area contributed by atoms with Gasteiger partial charge in [0.15, 0.2) is 0 Å². The van der Waals surface area contributed by atoms with Crippen LogP contribution in [0, 0.1) is 0 Å². The van der Waals surface area contributed by atoms with Gasteiger partial charge in [-0.3, -0.25) is 0 Å². The van der Waals surface area contributed by atoms with Gasteiger partial charge in [0.05, 0.1) is 0 Å². The molecule has 0 bridgehead atoms. The van der Waals surface area contributed by atoms with Crippen molar-refractivity contribution in [3.05, 3.63) is 60.2 Å². The zero-order chi connectivity index (χ0) is 17.8. The number of benzene rings is 3. The molecule has 1 radical (unpaired) electrons. The number of nitrogens with one attached hydrogen (secondary N) is 1. The average molecular weight is 399 g/mol. The molecule has 0 fully saturated rings. The number of aromatic hydroxyl groups is 3. The summed E-state index contributed by atoms with van der Waals surface area (Å²) in [6.07, 6.45) is 1.38. The zero-order valence-corrected chi connectivity index (χ0v) is 14.6. The summed E-state index contributed by atoms with van der Waals surface area (Å²) >= 11 is 2.79. The Morgan fingerprint density at radius 1 is 0.960 bits per heavy atom. The first-order chi connectivity index (χ1) is 12.0. The van der Waals surface area contributed by atoms with Crippen LogP contribution in [0.15, 0.2) is 64.7 Å². The summed E-state index contributed by atoms with van der Waals surface area (Å²) in [6.45, 7) is 0. The molecule has 0 saturated carbocycles. The van der Waals surface area contributed by atoms with E-state index in [9.17, 15) is 15.3 Å². The van der Waals surface area contributed by atoms with Crippen molar-refractivity contribution in [3.8, 4) is 17.2 Å². The van der Waals surface area contributed by atoms with E-state index in [4.69, 9.17) is 0 Å². The maximum atomic E-state index is 9.46. The molecule has 0 unspecified atom stereocenters. The second-order valence-corrected chi connectivity index (χ2v) is 6.00. The first kappa shape index (κ1) is 16.8. The summed E-state index contributed by atoms with van der Waals surface area (Å²) < 4.78 is 0.458. The third kappa shape index (κ3) is 3.91. The van der Waals surface area contributed by atoms with Crippen LogP contribution < -0.4 is 5.43 Å². The van der Waals surface area contributed by atoms with Gasteiger partial charge >= 0.3 is 152 Å². The van der Waals surface area contributed by atoms with Crippen LogP contribution in [0.1, 0.15) is 5.56 Å². The number of hydrogen-bond donors (Lipinski definition) is 4. The molecule has 0 aromatic heterocycles. The van der Waals surface area contributed by atoms with Crippen LogP contribution in [0.25, 0.3) is 10.8 Å². The first-order valence-corrected chi connectivity index (χ1v) is 8.18. The van der Waals surface area contributed by atoms with Crippen LogP contribution in [0.3, 0.4) is 0 Å². The van der Waals surface area contributed by atoms with Gasteiger partial charge in [-0.05, 0) is 0 Å². The van der Waals surface area contributed by atoms with Crippen molar-refractivity contribution in [1.29, 1.82) is 0 Å². The molecule has 0 atom stereocenters. The molecule has 0 aliphatic carbocycles. The van der Waals surface area contributed by atoms with Crippen LogP contribution in [-0.2, 0) is 0 Å². The van der Waals surface area contributed by atoms with Crippen LogP contribution in [0.5, 0.6) is 17.2 Å². The number of fused-ring (bicyclic) bond motifs is 1. The predicted octanol–water partition coefficient (Wildman–Crippen LogP) is 2.74. The molecule has 3 aromatic carbocycles. The topological polar surface area (TPSA) is 97.4 Å². The molecule has 0 spiro atoms. The van der Waals surface area contributed by atoms with E-state index in [0.717, 1.165) is 16.5 Å². The van der Waals surface area contributed by atoms with Gasteiger partial charge in [0.25, 0.3) is 0 Å². The predicted molar refractivity (Wildman–Crippen MR) is 99.0 cm³/mol. The van der Waals surface area contributed by atoms with E-state index in [1.807, 2.05) is 42.5 Å². The van der Waals surface area contributed by atoms with Gasteiger partial charge in [0.1, 0.15) is 0 Å². The van der Waals surface area contributed by atoms with Gasteiger partial charge < -0.3 is 0 Å². The van der Waals surface area contributed by atoms with Gasteiger partial charge in [-0.1, -0.05) is 0 Å². The molecule has 7 heteroatoms. The quantitative estimate of drug-likeness (QED) is 0.179. The van der Waals surface area contributed by atoms with Crippen LogP contribution in [-0.4, -0.2) is 42.3 Å². The minimum atomic E-state index is -0.563. The van der Waals surface area contributed by atoms with Crippen molar-refractivity contribution in [3.63, 3.8) is 0 Å². The standard InChI is InChI=1S/C18H14N3O3Se/c22-15-8-11(9-16(23)17(15)24)10-19-21-18(25)20-14-7-3-5-12-4-1-2-6-13(12)14/h1-10,22-24H,(H,20,21)/b19-10+. The van der Waals surface area contributed by atoms with E-state index >= 15 is 0 Å². The van der Waals surface area contributed by atoms with Gasteiger partial charge in [-0.25, -0.2) is 0 Å². The van der Waals surface area contributed by atoms with Crippen molar-refractivity contribution in [2.24, 2.45) is 10.1 Å². The fourth-order valence-electron chi connectivity index (χ4n) is 2.30. The Morgan fingerprint density at radius 3 is 2.40 bits per heavy atom. The van der Waals surface area contributed by atoms with Crippen molar-refractivity contribution >= 4 is 43.4 Å². The molecule has 3 aromatic rings. The number of amidine groups is 1. The summed E-state index contributed by atoms with van der Waals surface area (Å²) in [5.74, 6) is -1.41. The molecule has 0 heterocycles. The number of phenols is 3. The Hall–Kier alpha value is -3.02. The van der Waals surface area contributed by atoms with E-state index in [-0.39, 0.29) is 0 Å². The van der Waals surface area contributed by atoms with Crippen molar-refractivity contribution in [2.75, 3.05) is 0 Å². The van der Waals surface area contributed by atoms with Gasteiger partial charge in [-0.2, -0.15) is 0 Å². The fraction of sp³-hybridized carbons (Fsp3) is 0. The third-order valence-electron chi connectivity index (χ3n) is 3.45. The van der Waals surface area contributed by atoms with Crippen LogP contribution >= 0.6 is 0 Å². The van der Waals surface area contributed by atoms with Crippen molar-refractivity contribution in [2.45, 2.75) is 0 Å². The molecular formula is C18H14N3O3Se. The maximum absolute atomic E-state index is 9.46. The fourth-order valence-corrected chi connectivity index (χ4v) is 2.62. The molecule has 125 valence electrons. The molecule has 0 aliphatic rings. The SMILES string of the molecule is Oc1cc(/C=N/NC([Se])=Nc2cccc3ccccc23)cc(O)c1O. The van der Waals surface area contributed by atoms with Crippen molar-refractivity contribution in [1.82, 2.24) is 5.43 Å². The van der Waals surface area contributed by atoms with Gasteiger partial charge in [0.2, 0.25) is 0 Å². The minimum absolute atomic E-state index is 0.415. The average Bonchev–Trinajstić information content (AvgIpc) is 2.60. The number of nitrogens with zero attached hydrogens (tertiary/aromatic N) is 2. The number of aliphatic imine (C=N–C) groups is 1. The number of hydrazone groups is 1. The number of hydrogen-bond acceptors (Lipinski definition) is 5. The normalized spacial score (nSPS) is 11.9.